The van der Waals surface area contributed by atoms with Crippen LogP contribution in [0.2, 0.25) is 0 Å². The van der Waals surface area contributed by atoms with Gasteiger partial charge in [0.05, 0.1) is 0 Å². The number of likely N-dealkylation sites (tertiary alicyclic amines) is 1. The van der Waals surface area contributed by atoms with Crippen molar-refractivity contribution in [2.45, 2.75) is 39.2 Å². The van der Waals surface area contributed by atoms with Gasteiger partial charge >= 0.3 is 0 Å². The van der Waals surface area contributed by atoms with Crippen molar-refractivity contribution < 1.29 is 0 Å². The molecule has 0 aliphatic carbocycles. The van der Waals surface area contributed by atoms with E-state index in [1.165, 1.54) is 37.4 Å². The predicted octanol–water partition coefficient (Wildman–Crippen LogP) is 2.19. The van der Waals surface area contributed by atoms with Crippen molar-refractivity contribution in [1.29, 1.82) is 0 Å². The number of hydrogen-bond acceptors (Lipinski definition) is 3. The summed E-state index contributed by atoms with van der Waals surface area (Å²) in [4.78, 5) is 2.70. The van der Waals surface area contributed by atoms with Crippen molar-refractivity contribution in [2.75, 3.05) is 31.1 Å². The SMILES string of the molecule is CC1CCN(C2(CN)CSCCC2(C)C)C1. The summed E-state index contributed by atoms with van der Waals surface area (Å²) in [6.07, 6.45) is 2.66. The Kier molecular flexibility index (Phi) is 3.58. The molecule has 0 radical (unpaired) electrons. The Labute approximate surface area is 104 Å². The third-order valence-corrected chi connectivity index (χ3v) is 6.01. The third-order valence-electron chi connectivity index (χ3n) is 4.84. The van der Waals surface area contributed by atoms with Gasteiger partial charge in [0, 0.05) is 24.4 Å². The highest BCUT2D eigenvalue weighted by Gasteiger charge is 2.51. The summed E-state index contributed by atoms with van der Waals surface area (Å²) in [7, 11) is 0. The van der Waals surface area contributed by atoms with Gasteiger partial charge in [0.1, 0.15) is 0 Å². The van der Waals surface area contributed by atoms with Crippen LogP contribution in [0.5, 0.6) is 0 Å². The highest BCUT2D eigenvalue weighted by atomic mass is 32.2. The molecule has 2 fully saturated rings. The van der Waals surface area contributed by atoms with Crippen LogP contribution in [0, 0.1) is 11.3 Å². The second kappa shape index (κ2) is 4.51. The van der Waals surface area contributed by atoms with Crippen LogP contribution in [-0.2, 0) is 0 Å². The number of nitrogens with two attached hydrogens (primary N) is 1. The molecular weight excluding hydrogens is 216 g/mol. The lowest BCUT2D eigenvalue weighted by atomic mass is 9.70. The van der Waals surface area contributed by atoms with E-state index in [0.717, 1.165) is 12.5 Å². The Hall–Kier alpha value is 0.270. The molecule has 0 aromatic heterocycles. The summed E-state index contributed by atoms with van der Waals surface area (Å²) in [6.45, 7) is 10.5. The molecule has 2 N–H and O–H groups in total. The third kappa shape index (κ3) is 1.91. The number of hydrogen-bond donors (Lipinski definition) is 1. The van der Waals surface area contributed by atoms with E-state index in [2.05, 4.69) is 37.4 Å². The first kappa shape index (κ1) is 12.7. The van der Waals surface area contributed by atoms with E-state index in [1.807, 2.05) is 0 Å². The second-order valence-corrected chi connectivity index (χ2v) is 7.37. The van der Waals surface area contributed by atoms with Crippen molar-refractivity contribution in [1.82, 2.24) is 4.90 Å². The van der Waals surface area contributed by atoms with Crippen LogP contribution >= 0.6 is 11.8 Å². The van der Waals surface area contributed by atoms with E-state index >= 15 is 0 Å². The molecular formula is C13H26N2S. The Morgan fingerprint density at radius 1 is 1.44 bits per heavy atom. The standard InChI is InChI=1S/C13H26N2S/c1-11-4-6-15(8-11)13(9-14)10-16-7-5-12(13,2)3/h11H,4-10,14H2,1-3H3. The first-order valence-electron chi connectivity index (χ1n) is 6.55. The monoisotopic (exact) mass is 242 g/mol. The van der Waals surface area contributed by atoms with E-state index in [-0.39, 0.29) is 5.54 Å². The molecule has 0 amide bonds. The van der Waals surface area contributed by atoms with Gasteiger partial charge in [-0.05, 0) is 36.5 Å². The van der Waals surface area contributed by atoms with Gasteiger partial charge in [-0.2, -0.15) is 11.8 Å². The van der Waals surface area contributed by atoms with Gasteiger partial charge in [0.25, 0.3) is 0 Å². The molecule has 94 valence electrons. The molecule has 2 atom stereocenters. The van der Waals surface area contributed by atoms with Gasteiger partial charge in [-0.15, -0.1) is 0 Å². The summed E-state index contributed by atoms with van der Waals surface area (Å²) in [5.74, 6) is 3.38. The van der Waals surface area contributed by atoms with Gasteiger partial charge in [-0.1, -0.05) is 20.8 Å². The molecule has 2 aliphatic heterocycles. The average Bonchev–Trinajstić information content (AvgIpc) is 2.65. The zero-order valence-electron chi connectivity index (χ0n) is 11.0. The van der Waals surface area contributed by atoms with Crippen LogP contribution in [0.25, 0.3) is 0 Å². The minimum Gasteiger partial charge on any atom is -0.329 e. The van der Waals surface area contributed by atoms with Crippen LogP contribution in [0.4, 0.5) is 0 Å². The quantitative estimate of drug-likeness (QED) is 0.805. The Balaban J connectivity index is 2.22. The lowest BCUT2D eigenvalue weighted by Crippen LogP contribution is -2.65. The normalized spacial score (nSPS) is 40.1. The summed E-state index contributed by atoms with van der Waals surface area (Å²) in [6, 6.07) is 0. The second-order valence-electron chi connectivity index (χ2n) is 6.26. The fourth-order valence-electron chi connectivity index (χ4n) is 3.30. The number of nitrogens with zero attached hydrogens (tertiary/aromatic N) is 1. The van der Waals surface area contributed by atoms with Gasteiger partial charge in [-0.3, -0.25) is 4.90 Å². The van der Waals surface area contributed by atoms with Gasteiger partial charge in [0.2, 0.25) is 0 Å². The average molecular weight is 242 g/mol. The Morgan fingerprint density at radius 2 is 2.19 bits per heavy atom. The van der Waals surface area contributed by atoms with E-state index in [9.17, 15) is 0 Å². The largest absolute Gasteiger partial charge is 0.329 e. The zero-order chi connectivity index (χ0) is 11.8. The number of rotatable bonds is 2. The molecule has 2 saturated heterocycles. The van der Waals surface area contributed by atoms with Gasteiger partial charge in [0.15, 0.2) is 0 Å². The molecule has 2 heterocycles. The van der Waals surface area contributed by atoms with E-state index in [0.29, 0.717) is 5.41 Å². The Bertz CT molecular complexity index is 254. The summed E-state index contributed by atoms with van der Waals surface area (Å²) < 4.78 is 0. The highest BCUT2D eigenvalue weighted by molar-refractivity contribution is 7.99. The first-order chi connectivity index (χ1) is 7.52. The molecule has 2 nitrogen and oxygen atoms in total. The van der Waals surface area contributed by atoms with E-state index in [1.54, 1.807) is 0 Å². The zero-order valence-corrected chi connectivity index (χ0v) is 11.8. The minimum absolute atomic E-state index is 0.251. The first-order valence-corrected chi connectivity index (χ1v) is 7.70. The summed E-state index contributed by atoms with van der Waals surface area (Å²) >= 11 is 2.10. The molecule has 2 aliphatic rings. The maximum Gasteiger partial charge on any atom is 0.0473 e. The molecule has 0 bridgehead atoms. The van der Waals surface area contributed by atoms with Crippen LogP contribution in [0.15, 0.2) is 0 Å². The maximum atomic E-state index is 6.18. The fourth-order valence-corrected chi connectivity index (χ4v) is 5.13. The summed E-state index contributed by atoms with van der Waals surface area (Å²) in [5, 5.41) is 0. The molecule has 3 heteroatoms. The maximum absolute atomic E-state index is 6.18. The fraction of sp³-hybridized carbons (Fsp3) is 1.00. The molecule has 0 spiro atoms. The van der Waals surface area contributed by atoms with Crippen molar-refractivity contribution in [3.63, 3.8) is 0 Å². The predicted molar refractivity (Wildman–Crippen MR) is 72.9 cm³/mol. The minimum atomic E-state index is 0.251. The molecule has 2 rings (SSSR count). The van der Waals surface area contributed by atoms with Crippen LogP contribution in [-0.4, -0.2) is 41.6 Å². The van der Waals surface area contributed by atoms with Crippen LogP contribution in [0.3, 0.4) is 0 Å². The van der Waals surface area contributed by atoms with Crippen LogP contribution < -0.4 is 5.73 Å². The van der Waals surface area contributed by atoms with E-state index in [4.69, 9.17) is 5.73 Å². The van der Waals surface area contributed by atoms with Crippen LogP contribution in [0.1, 0.15) is 33.6 Å². The highest BCUT2D eigenvalue weighted by Crippen LogP contribution is 2.46. The van der Waals surface area contributed by atoms with Crippen molar-refractivity contribution in [3.8, 4) is 0 Å². The smallest absolute Gasteiger partial charge is 0.0473 e. The van der Waals surface area contributed by atoms with Gasteiger partial charge < -0.3 is 5.73 Å². The van der Waals surface area contributed by atoms with Gasteiger partial charge in [-0.25, -0.2) is 0 Å². The van der Waals surface area contributed by atoms with Crippen molar-refractivity contribution >= 4 is 11.8 Å². The lowest BCUT2D eigenvalue weighted by Gasteiger charge is -2.54. The van der Waals surface area contributed by atoms with Crippen molar-refractivity contribution in [2.24, 2.45) is 17.1 Å². The molecule has 0 aromatic carbocycles. The topological polar surface area (TPSA) is 29.3 Å². The summed E-state index contributed by atoms with van der Waals surface area (Å²) in [5.41, 5.74) is 6.81. The van der Waals surface area contributed by atoms with Crippen molar-refractivity contribution in [3.05, 3.63) is 0 Å². The number of thioether (sulfide) groups is 1. The Morgan fingerprint density at radius 3 is 2.69 bits per heavy atom. The molecule has 0 saturated carbocycles. The molecule has 2 unspecified atom stereocenters. The van der Waals surface area contributed by atoms with E-state index < -0.39 is 0 Å². The molecule has 16 heavy (non-hydrogen) atoms. The molecule has 0 aromatic rings. The lowest BCUT2D eigenvalue weighted by molar-refractivity contribution is 0.0163.